The Balaban J connectivity index is 2.21. The number of aliphatic hydroxyl groups is 1. The maximum Gasteiger partial charge on any atom is 0.137 e. The Morgan fingerprint density at radius 1 is 1.56 bits per heavy atom. The Labute approximate surface area is 128 Å². The van der Waals surface area contributed by atoms with Crippen molar-refractivity contribution in [1.29, 1.82) is 0 Å². The summed E-state index contributed by atoms with van der Waals surface area (Å²) in [7, 11) is 0. The van der Waals surface area contributed by atoms with Gasteiger partial charge >= 0.3 is 0 Å². The zero-order valence-electron chi connectivity index (χ0n) is 9.91. The maximum absolute atomic E-state index is 10.9. The molecule has 7 heteroatoms. The highest BCUT2D eigenvalue weighted by molar-refractivity contribution is 9.14. The molecule has 1 aliphatic rings. The summed E-state index contributed by atoms with van der Waals surface area (Å²) < 4.78 is 3.49. The summed E-state index contributed by atoms with van der Waals surface area (Å²) in [6.07, 6.45) is 5.14. The number of hydrogen-bond acceptors (Lipinski definition) is 3. The van der Waals surface area contributed by atoms with Crippen LogP contribution in [-0.4, -0.2) is 30.3 Å². The molecule has 1 heterocycles. The van der Waals surface area contributed by atoms with E-state index in [1.807, 2.05) is 6.92 Å². The lowest BCUT2D eigenvalue weighted by molar-refractivity contribution is 0.00949. The first-order valence-electron chi connectivity index (χ1n) is 5.61. The topological polar surface area (TPSA) is 50.9 Å². The molecule has 0 saturated heterocycles. The summed E-state index contributed by atoms with van der Waals surface area (Å²) in [5, 5.41) is 14.9. The van der Waals surface area contributed by atoms with Crippen molar-refractivity contribution >= 4 is 43.5 Å². The van der Waals surface area contributed by atoms with Crippen LogP contribution >= 0.6 is 43.5 Å². The molecule has 1 aromatic heterocycles. The van der Waals surface area contributed by atoms with Crippen LogP contribution < -0.4 is 0 Å². The summed E-state index contributed by atoms with van der Waals surface area (Å²) in [6, 6.07) is 0. The van der Waals surface area contributed by atoms with Crippen LogP contribution in [0.5, 0.6) is 0 Å². The second-order valence-corrected chi connectivity index (χ2v) is 7.58. The van der Waals surface area contributed by atoms with E-state index < -0.39 is 10.5 Å². The molecule has 0 aliphatic heterocycles. The van der Waals surface area contributed by atoms with Gasteiger partial charge in [0, 0.05) is 15.4 Å². The molecule has 2 rings (SSSR count). The number of hydrogen-bond donors (Lipinski definition) is 1. The Hall–Kier alpha value is 0.0900. The summed E-state index contributed by atoms with van der Waals surface area (Å²) in [4.78, 5) is 3.33. The van der Waals surface area contributed by atoms with Gasteiger partial charge in [-0.2, -0.15) is 5.10 Å². The van der Waals surface area contributed by atoms with Crippen molar-refractivity contribution in [1.82, 2.24) is 14.8 Å². The van der Waals surface area contributed by atoms with E-state index in [4.69, 9.17) is 11.6 Å². The summed E-state index contributed by atoms with van der Waals surface area (Å²) in [5.41, 5.74) is -1.03. The van der Waals surface area contributed by atoms with Crippen LogP contribution in [0.25, 0.3) is 0 Å². The molecule has 0 radical (unpaired) electrons. The fourth-order valence-electron chi connectivity index (χ4n) is 1.89. The summed E-state index contributed by atoms with van der Waals surface area (Å²) in [6.45, 7) is 2.26. The molecule has 100 valence electrons. The molecule has 1 aliphatic carbocycles. The molecule has 1 N–H and O–H groups in total. The van der Waals surface area contributed by atoms with Crippen LogP contribution in [0, 0.1) is 0 Å². The Morgan fingerprint density at radius 3 is 2.67 bits per heavy atom. The third-order valence-corrected chi connectivity index (χ3v) is 5.85. The van der Waals surface area contributed by atoms with Gasteiger partial charge in [-0.3, -0.25) is 0 Å². The van der Waals surface area contributed by atoms with Crippen molar-refractivity contribution in [2.45, 2.75) is 43.2 Å². The highest BCUT2D eigenvalue weighted by Crippen LogP contribution is 2.54. The molecule has 4 nitrogen and oxygen atoms in total. The molecule has 1 fully saturated rings. The van der Waals surface area contributed by atoms with Crippen LogP contribution in [0.4, 0.5) is 0 Å². The number of rotatable bonds is 5. The molecule has 1 saturated carbocycles. The lowest BCUT2D eigenvalue weighted by Gasteiger charge is -2.33. The fraction of sp³-hybridized carbons (Fsp3) is 0.636. The minimum atomic E-state index is -1.03. The first-order valence-corrected chi connectivity index (χ1v) is 7.57. The quantitative estimate of drug-likeness (QED) is 0.774. The van der Waals surface area contributed by atoms with Gasteiger partial charge in [0.15, 0.2) is 0 Å². The lowest BCUT2D eigenvalue weighted by Crippen LogP contribution is -2.45. The minimum Gasteiger partial charge on any atom is -0.386 e. The fourth-order valence-corrected chi connectivity index (χ4v) is 2.72. The Morgan fingerprint density at radius 2 is 2.22 bits per heavy atom. The predicted molar refractivity (Wildman–Crippen MR) is 78.0 cm³/mol. The molecule has 1 aromatic rings. The van der Waals surface area contributed by atoms with E-state index in [2.05, 4.69) is 41.9 Å². The number of alkyl halides is 1. The van der Waals surface area contributed by atoms with Gasteiger partial charge in [-0.1, -0.05) is 31.9 Å². The molecule has 0 bridgehead atoms. The molecule has 1 atom stereocenters. The first kappa shape index (κ1) is 14.5. The summed E-state index contributed by atoms with van der Waals surface area (Å²) in [5.74, 6) is 0. The standard InChI is InChI=1S/C11H14Br2ClN3O/c1-8(12)9(13)4-11(18,10(14)2-3-10)5-17-7-15-6-16-17/h6-7,18H,2-5H2,1H3. The number of aromatic nitrogens is 3. The molecule has 0 aromatic carbocycles. The van der Waals surface area contributed by atoms with Crippen molar-refractivity contribution in [3.63, 3.8) is 0 Å². The number of allylic oxidation sites excluding steroid dienone is 1. The van der Waals surface area contributed by atoms with Crippen LogP contribution in [0.15, 0.2) is 21.6 Å². The van der Waals surface area contributed by atoms with Crippen molar-refractivity contribution in [3.05, 3.63) is 21.6 Å². The Kier molecular flexibility index (Phi) is 4.21. The zero-order valence-corrected chi connectivity index (χ0v) is 13.8. The summed E-state index contributed by atoms with van der Waals surface area (Å²) >= 11 is 13.3. The molecule has 1 unspecified atom stereocenters. The second-order valence-electron chi connectivity index (χ2n) is 4.71. The van der Waals surface area contributed by atoms with Crippen molar-refractivity contribution < 1.29 is 5.11 Å². The van der Waals surface area contributed by atoms with Crippen molar-refractivity contribution in [2.24, 2.45) is 0 Å². The molecule has 0 amide bonds. The van der Waals surface area contributed by atoms with Gasteiger partial charge in [-0.25, -0.2) is 9.67 Å². The van der Waals surface area contributed by atoms with Gasteiger partial charge in [0.1, 0.15) is 18.3 Å². The number of halogens is 3. The third kappa shape index (κ3) is 2.98. The highest BCUT2D eigenvalue weighted by Gasteiger charge is 2.58. The van der Waals surface area contributed by atoms with E-state index in [0.717, 1.165) is 21.8 Å². The van der Waals surface area contributed by atoms with Crippen LogP contribution in [0.2, 0.25) is 0 Å². The average Bonchev–Trinajstić information content (AvgIpc) is 2.86. The molecular weight excluding hydrogens is 385 g/mol. The normalized spacial score (nSPS) is 22.3. The minimum absolute atomic E-state index is 0.339. The van der Waals surface area contributed by atoms with Gasteiger partial charge in [-0.15, -0.1) is 11.6 Å². The van der Waals surface area contributed by atoms with E-state index in [1.54, 1.807) is 11.0 Å². The second kappa shape index (κ2) is 5.23. The van der Waals surface area contributed by atoms with E-state index in [0.29, 0.717) is 13.0 Å². The predicted octanol–water partition coefficient (Wildman–Crippen LogP) is 3.19. The van der Waals surface area contributed by atoms with E-state index in [9.17, 15) is 5.11 Å². The average molecular weight is 400 g/mol. The monoisotopic (exact) mass is 397 g/mol. The van der Waals surface area contributed by atoms with Crippen molar-refractivity contribution in [2.75, 3.05) is 0 Å². The lowest BCUT2D eigenvalue weighted by atomic mass is 9.92. The van der Waals surface area contributed by atoms with Crippen LogP contribution in [0.3, 0.4) is 0 Å². The van der Waals surface area contributed by atoms with Crippen LogP contribution in [-0.2, 0) is 6.54 Å². The van der Waals surface area contributed by atoms with Gasteiger partial charge in [0.05, 0.1) is 11.4 Å². The third-order valence-electron chi connectivity index (χ3n) is 3.23. The van der Waals surface area contributed by atoms with Gasteiger partial charge in [0.25, 0.3) is 0 Å². The molecule has 18 heavy (non-hydrogen) atoms. The largest absolute Gasteiger partial charge is 0.386 e. The SMILES string of the molecule is CC(Br)=C(Br)CC(O)(Cn1cncn1)C1(Cl)CC1. The van der Waals surface area contributed by atoms with E-state index >= 15 is 0 Å². The number of nitrogens with zero attached hydrogens (tertiary/aromatic N) is 3. The molecule has 0 spiro atoms. The molecular formula is C11H14Br2ClN3O. The smallest absolute Gasteiger partial charge is 0.137 e. The van der Waals surface area contributed by atoms with Gasteiger partial charge < -0.3 is 5.11 Å². The van der Waals surface area contributed by atoms with Gasteiger partial charge in [-0.05, 0) is 19.8 Å². The van der Waals surface area contributed by atoms with E-state index in [-0.39, 0.29) is 0 Å². The van der Waals surface area contributed by atoms with Gasteiger partial charge in [0.2, 0.25) is 0 Å². The van der Waals surface area contributed by atoms with E-state index in [1.165, 1.54) is 6.33 Å². The Bertz CT molecular complexity index is 455. The maximum atomic E-state index is 10.9. The zero-order chi connectivity index (χ0) is 13.4. The van der Waals surface area contributed by atoms with Crippen LogP contribution in [0.1, 0.15) is 26.2 Å². The first-order chi connectivity index (χ1) is 8.36. The highest BCUT2D eigenvalue weighted by atomic mass is 79.9. The van der Waals surface area contributed by atoms with Crippen molar-refractivity contribution in [3.8, 4) is 0 Å².